The Morgan fingerprint density at radius 1 is 1.08 bits per heavy atom. The summed E-state index contributed by atoms with van der Waals surface area (Å²) in [5.74, 6) is -1.56. The van der Waals surface area contributed by atoms with Crippen LogP contribution in [0.5, 0.6) is 0 Å². The van der Waals surface area contributed by atoms with Gasteiger partial charge in [0.05, 0.1) is 5.69 Å². The van der Waals surface area contributed by atoms with Gasteiger partial charge in [0.2, 0.25) is 5.91 Å². The van der Waals surface area contributed by atoms with Gasteiger partial charge < -0.3 is 10.6 Å². The van der Waals surface area contributed by atoms with Crippen molar-refractivity contribution < 1.29 is 14.0 Å². The molecule has 0 aliphatic carbocycles. The van der Waals surface area contributed by atoms with Crippen molar-refractivity contribution in [2.45, 2.75) is 26.8 Å². The zero-order valence-corrected chi connectivity index (χ0v) is 15.0. The average Bonchev–Trinajstić information content (AvgIpc) is 2.56. The summed E-state index contributed by atoms with van der Waals surface area (Å²) in [7, 11) is 0. The summed E-state index contributed by atoms with van der Waals surface area (Å²) in [6.07, 6.45) is 0. The highest BCUT2D eigenvalue weighted by molar-refractivity contribution is 6.30. The summed E-state index contributed by atoms with van der Waals surface area (Å²) in [6, 6.07) is 10.0. The molecule has 0 aliphatic heterocycles. The Balaban J connectivity index is 2.14. The molecule has 2 N–H and O–H groups in total. The second-order valence-electron chi connectivity index (χ2n) is 6.17. The first-order valence-corrected chi connectivity index (χ1v) is 8.29. The maximum absolute atomic E-state index is 13.8. The lowest BCUT2D eigenvalue weighted by Crippen LogP contribution is -2.47. The molecule has 0 saturated heterocycles. The number of hydrogen-bond donors (Lipinski definition) is 2. The standard InChI is InChI=1S/C19H20ClFN2O2/c1-11(2)17(23-18(24)13-5-7-14(20)8-6-13)19(25)22-16-10-12(3)4-9-15(16)21/h4-11,17H,1-3H3,(H,22,25)(H,23,24)/t17-/m0/s1. The van der Waals surface area contributed by atoms with Crippen molar-refractivity contribution in [2.75, 3.05) is 5.32 Å². The highest BCUT2D eigenvalue weighted by Gasteiger charge is 2.25. The fourth-order valence-electron chi connectivity index (χ4n) is 2.31. The molecule has 0 spiro atoms. The van der Waals surface area contributed by atoms with E-state index in [0.29, 0.717) is 10.6 Å². The van der Waals surface area contributed by atoms with Gasteiger partial charge in [0, 0.05) is 10.6 Å². The van der Waals surface area contributed by atoms with Crippen LogP contribution in [0.25, 0.3) is 0 Å². The number of rotatable bonds is 5. The van der Waals surface area contributed by atoms with E-state index in [0.717, 1.165) is 5.56 Å². The lowest BCUT2D eigenvalue weighted by molar-refractivity contribution is -0.118. The molecule has 2 rings (SSSR count). The molecule has 2 amide bonds. The summed E-state index contributed by atoms with van der Waals surface area (Å²) in [6.45, 7) is 5.41. The van der Waals surface area contributed by atoms with E-state index in [4.69, 9.17) is 11.6 Å². The third kappa shape index (κ3) is 5.03. The highest BCUT2D eigenvalue weighted by Crippen LogP contribution is 2.17. The van der Waals surface area contributed by atoms with Crippen LogP contribution in [-0.4, -0.2) is 17.9 Å². The molecule has 25 heavy (non-hydrogen) atoms. The van der Waals surface area contributed by atoms with E-state index >= 15 is 0 Å². The van der Waals surface area contributed by atoms with Crippen molar-refractivity contribution in [2.24, 2.45) is 5.92 Å². The monoisotopic (exact) mass is 362 g/mol. The van der Waals surface area contributed by atoms with E-state index in [1.54, 1.807) is 57.2 Å². The molecule has 0 aliphatic rings. The maximum atomic E-state index is 13.8. The fourth-order valence-corrected chi connectivity index (χ4v) is 2.43. The Hall–Kier alpha value is -2.40. The van der Waals surface area contributed by atoms with Gasteiger partial charge in [-0.15, -0.1) is 0 Å². The molecule has 2 aromatic rings. The predicted molar refractivity (Wildman–Crippen MR) is 97.3 cm³/mol. The smallest absolute Gasteiger partial charge is 0.251 e. The highest BCUT2D eigenvalue weighted by atomic mass is 35.5. The topological polar surface area (TPSA) is 58.2 Å². The third-order valence-corrected chi connectivity index (χ3v) is 3.97. The third-order valence-electron chi connectivity index (χ3n) is 3.72. The summed E-state index contributed by atoms with van der Waals surface area (Å²) in [4.78, 5) is 24.9. The van der Waals surface area contributed by atoms with Crippen LogP contribution in [-0.2, 0) is 4.79 Å². The molecule has 132 valence electrons. The first-order chi connectivity index (χ1) is 11.8. The van der Waals surface area contributed by atoms with Gasteiger partial charge in [0.1, 0.15) is 11.9 Å². The second kappa shape index (κ2) is 8.12. The summed E-state index contributed by atoms with van der Waals surface area (Å²) >= 11 is 5.81. The molecule has 0 saturated carbocycles. The Bertz CT molecular complexity index is 775. The number of nitrogens with one attached hydrogen (secondary N) is 2. The van der Waals surface area contributed by atoms with Crippen LogP contribution in [0.2, 0.25) is 5.02 Å². The Kier molecular flexibility index (Phi) is 6.15. The van der Waals surface area contributed by atoms with Gasteiger partial charge >= 0.3 is 0 Å². The Morgan fingerprint density at radius 3 is 2.32 bits per heavy atom. The maximum Gasteiger partial charge on any atom is 0.251 e. The molecule has 0 fully saturated rings. The van der Waals surface area contributed by atoms with Crippen molar-refractivity contribution in [1.82, 2.24) is 5.32 Å². The fraction of sp³-hybridized carbons (Fsp3) is 0.263. The molecule has 0 aromatic heterocycles. The Morgan fingerprint density at radius 2 is 1.72 bits per heavy atom. The van der Waals surface area contributed by atoms with Gasteiger partial charge in [-0.1, -0.05) is 31.5 Å². The van der Waals surface area contributed by atoms with Crippen LogP contribution < -0.4 is 10.6 Å². The van der Waals surface area contributed by atoms with Gasteiger partial charge in [0.15, 0.2) is 0 Å². The van der Waals surface area contributed by atoms with Crippen LogP contribution >= 0.6 is 11.6 Å². The minimum Gasteiger partial charge on any atom is -0.340 e. The molecule has 4 nitrogen and oxygen atoms in total. The molecular formula is C19H20ClFN2O2. The largest absolute Gasteiger partial charge is 0.340 e. The Labute approximate surface area is 151 Å². The van der Waals surface area contributed by atoms with Gasteiger partial charge in [-0.05, 0) is 54.8 Å². The van der Waals surface area contributed by atoms with Crippen LogP contribution in [0.15, 0.2) is 42.5 Å². The van der Waals surface area contributed by atoms with E-state index < -0.39 is 23.7 Å². The van der Waals surface area contributed by atoms with E-state index in [2.05, 4.69) is 10.6 Å². The summed E-state index contributed by atoms with van der Waals surface area (Å²) in [5.41, 5.74) is 1.31. The summed E-state index contributed by atoms with van der Waals surface area (Å²) in [5, 5.41) is 5.76. The molecule has 0 unspecified atom stereocenters. The van der Waals surface area contributed by atoms with Gasteiger partial charge in [-0.25, -0.2) is 4.39 Å². The lowest BCUT2D eigenvalue weighted by Gasteiger charge is -2.22. The van der Waals surface area contributed by atoms with E-state index in [1.165, 1.54) is 6.07 Å². The first-order valence-electron chi connectivity index (χ1n) is 7.91. The van der Waals surface area contributed by atoms with E-state index in [9.17, 15) is 14.0 Å². The SMILES string of the molecule is Cc1ccc(F)c(NC(=O)[C@@H](NC(=O)c2ccc(Cl)cc2)C(C)C)c1. The zero-order chi connectivity index (χ0) is 18.6. The van der Waals surface area contributed by atoms with Crippen LogP contribution in [0, 0.1) is 18.7 Å². The van der Waals surface area contributed by atoms with Crippen LogP contribution in [0.3, 0.4) is 0 Å². The molecule has 1 atom stereocenters. The molecule has 2 aromatic carbocycles. The minimum absolute atomic E-state index is 0.0939. The van der Waals surface area contributed by atoms with Crippen LogP contribution in [0.1, 0.15) is 29.8 Å². The van der Waals surface area contributed by atoms with Gasteiger partial charge in [0.25, 0.3) is 5.91 Å². The van der Waals surface area contributed by atoms with Crippen molar-refractivity contribution in [3.63, 3.8) is 0 Å². The number of carbonyl (C=O) groups is 2. The van der Waals surface area contributed by atoms with Crippen molar-refractivity contribution in [1.29, 1.82) is 0 Å². The number of carbonyl (C=O) groups excluding carboxylic acids is 2. The van der Waals surface area contributed by atoms with E-state index in [1.807, 2.05) is 0 Å². The second-order valence-corrected chi connectivity index (χ2v) is 6.61. The molecule has 0 heterocycles. The van der Waals surface area contributed by atoms with Crippen molar-refractivity contribution in [3.05, 3.63) is 64.4 Å². The van der Waals surface area contributed by atoms with Gasteiger partial charge in [-0.2, -0.15) is 0 Å². The molecule has 0 radical (unpaired) electrons. The first kappa shape index (κ1) is 18.9. The number of benzene rings is 2. The molecule has 6 heteroatoms. The summed E-state index contributed by atoms with van der Waals surface area (Å²) < 4.78 is 13.8. The average molecular weight is 363 g/mol. The zero-order valence-electron chi connectivity index (χ0n) is 14.3. The molecule has 0 bridgehead atoms. The van der Waals surface area contributed by atoms with Gasteiger partial charge in [-0.3, -0.25) is 9.59 Å². The van der Waals surface area contributed by atoms with Crippen molar-refractivity contribution in [3.8, 4) is 0 Å². The normalized spacial score (nSPS) is 11.9. The number of hydrogen-bond acceptors (Lipinski definition) is 2. The number of amides is 2. The van der Waals surface area contributed by atoms with Crippen molar-refractivity contribution >= 4 is 29.1 Å². The van der Waals surface area contributed by atoms with Crippen LogP contribution in [0.4, 0.5) is 10.1 Å². The molecular weight excluding hydrogens is 343 g/mol. The predicted octanol–water partition coefficient (Wildman–Crippen LogP) is 4.18. The lowest BCUT2D eigenvalue weighted by atomic mass is 10.0. The quantitative estimate of drug-likeness (QED) is 0.838. The minimum atomic E-state index is -0.803. The number of aryl methyl sites for hydroxylation is 1. The number of halogens is 2. The van der Waals surface area contributed by atoms with E-state index in [-0.39, 0.29) is 11.6 Å². The number of anilines is 1.